The minimum absolute atomic E-state index is 0.0645. The summed E-state index contributed by atoms with van der Waals surface area (Å²) in [5, 5.41) is 5.92. The van der Waals surface area contributed by atoms with Crippen LogP contribution in [0.5, 0.6) is 0 Å². The third-order valence-electron chi connectivity index (χ3n) is 4.64. The first-order chi connectivity index (χ1) is 13.4. The molecule has 2 heterocycles. The van der Waals surface area contributed by atoms with E-state index in [2.05, 4.69) is 32.4 Å². The van der Waals surface area contributed by atoms with E-state index in [0.717, 1.165) is 31.0 Å². The Bertz CT molecular complexity index is 844. The van der Waals surface area contributed by atoms with Gasteiger partial charge in [-0.2, -0.15) is 0 Å². The molecule has 1 aliphatic rings. The summed E-state index contributed by atoms with van der Waals surface area (Å²) in [5.74, 6) is 0.922. The van der Waals surface area contributed by atoms with Gasteiger partial charge in [0.2, 0.25) is 5.91 Å². The molecule has 2 amide bonds. The van der Waals surface area contributed by atoms with Crippen LogP contribution in [-0.2, 0) is 4.79 Å². The zero-order chi connectivity index (χ0) is 20.1. The van der Waals surface area contributed by atoms with Gasteiger partial charge < -0.3 is 20.4 Å². The van der Waals surface area contributed by atoms with Gasteiger partial charge >= 0.3 is 0 Å². The predicted octanol–water partition coefficient (Wildman–Crippen LogP) is 2.26. The summed E-state index contributed by atoms with van der Waals surface area (Å²) in [5.41, 5.74) is 1.93. The SMILES string of the molecule is CCN1CCN(C(=O)c2cc(Nc3ccc(NC(C)=O)cc3)nc(C)n2)CC1. The van der Waals surface area contributed by atoms with Gasteiger partial charge in [0.15, 0.2) is 0 Å². The number of nitrogens with one attached hydrogen (secondary N) is 2. The molecule has 8 heteroatoms. The van der Waals surface area contributed by atoms with Crippen LogP contribution in [0.4, 0.5) is 17.2 Å². The highest BCUT2D eigenvalue weighted by atomic mass is 16.2. The highest BCUT2D eigenvalue weighted by Crippen LogP contribution is 2.19. The number of hydrogen-bond acceptors (Lipinski definition) is 6. The van der Waals surface area contributed by atoms with Gasteiger partial charge in [0.25, 0.3) is 5.91 Å². The molecule has 2 N–H and O–H groups in total. The molecule has 1 aliphatic heterocycles. The number of amides is 2. The van der Waals surface area contributed by atoms with Crippen molar-refractivity contribution in [2.45, 2.75) is 20.8 Å². The molecule has 0 atom stereocenters. The molecular formula is C20H26N6O2. The van der Waals surface area contributed by atoms with E-state index >= 15 is 0 Å². The summed E-state index contributed by atoms with van der Waals surface area (Å²) in [4.78, 5) is 36.8. The fourth-order valence-corrected chi connectivity index (χ4v) is 3.16. The second kappa shape index (κ2) is 8.79. The molecule has 0 unspecified atom stereocenters. The van der Waals surface area contributed by atoms with Crippen molar-refractivity contribution in [2.24, 2.45) is 0 Å². The first-order valence-corrected chi connectivity index (χ1v) is 9.46. The first kappa shape index (κ1) is 19.8. The van der Waals surface area contributed by atoms with Crippen LogP contribution in [0, 0.1) is 6.92 Å². The lowest BCUT2D eigenvalue weighted by Gasteiger charge is -2.33. The number of aryl methyl sites for hydroxylation is 1. The number of piperazine rings is 1. The van der Waals surface area contributed by atoms with Crippen molar-refractivity contribution >= 4 is 29.0 Å². The predicted molar refractivity (Wildman–Crippen MR) is 109 cm³/mol. The maximum Gasteiger partial charge on any atom is 0.272 e. The minimum Gasteiger partial charge on any atom is -0.340 e. The Hall–Kier alpha value is -3.00. The Morgan fingerprint density at radius 3 is 2.29 bits per heavy atom. The van der Waals surface area contributed by atoms with Crippen molar-refractivity contribution in [3.05, 3.63) is 41.9 Å². The van der Waals surface area contributed by atoms with Crippen LogP contribution in [-0.4, -0.2) is 64.3 Å². The molecule has 8 nitrogen and oxygen atoms in total. The third kappa shape index (κ3) is 5.04. The number of anilines is 3. The van der Waals surface area contributed by atoms with Gasteiger partial charge in [-0.15, -0.1) is 0 Å². The van der Waals surface area contributed by atoms with E-state index in [0.29, 0.717) is 30.4 Å². The lowest BCUT2D eigenvalue weighted by molar-refractivity contribution is -0.114. The highest BCUT2D eigenvalue weighted by molar-refractivity contribution is 5.93. The van der Waals surface area contributed by atoms with E-state index < -0.39 is 0 Å². The molecular weight excluding hydrogens is 356 g/mol. The highest BCUT2D eigenvalue weighted by Gasteiger charge is 2.23. The average molecular weight is 382 g/mol. The normalized spacial score (nSPS) is 14.6. The number of nitrogens with zero attached hydrogens (tertiary/aromatic N) is 4. The van der Waals surface area contributed by atoms with E-state index in [1.807, 2.05) is 17.0 Å². The molecule has 0 bridgehead atoms. The van der Waals surface area contributed by atoms with Gasteiger partial charge in [0, 0.05) is 50.5 Å². The summed E-state index contributed by atoms with van der Waals surface area (Å²) < 4.78 is 0. The van der Waals surface area contributed by atoms with Crippen LogP contribution < -0.4 is 10.6 Å². The summed E-state index contributed by atoms with van der Waals surface area (Å²) in [6, 6.07) is 8.97. The maximum atomic E-state index is 12.8. The van der Waals surface area contributed by atoms with Gasteiger partial charge in [-0.1, -0.05) is 6.92 Å². The average Bonchev–Trinajstić information content (AvgIpc) is 2.68. The number of aromatic nitrogens is 2. The fourth-order valence-electron chi connectivity index (χ4n) is 3.16. The Balaban J connectivity index is 1.71. The smallest absolute Gasteiger partial charge is 0.272 e. The van der Waals surface area contributed by atoms with Crippen LogP contribution in [0.3, 0.4) is 0 Å². The number of carbonyl (C=O) groups is 2. The van der Waals surface area contributed by atoms with E-state index in [-0.39, 0.29) is 11.8 Å². The van der Waals surface area contributed by atoms with Crippen molar-refractivity contribution < 1.29 is 9.59 Å². The molecule has 0 radical (unpaired) electrons. The standard InChI is InChI=1S/C20H26N6O2/c1-4-25-9-11-26(12-10-25)20(28)18-13-19(22-14(2)21-18)24-17-7-5-16(6-8-17)23-15(3)27/h5-8,13H,4,9-12H2,1-3H3,(H,23,27)(H,21,22,24). The molecule has 3 rings (SSSR count). The van der Waals surface area contributed by atoms with Gasteiger partial charge in [0.1, 0.15) is 17.3 Å². The van der Waals surface area contributed by atoms with E-state index in [1.54, 1.807) is 25.1 Å². The first-order valence-electron chi connectivity index (χ1n) is 9.46. The van der Waals surface area contributed by atoms with E-state index in [9.17, 15) is 9.59 Å². The summed E-state index contributed by atoms with van der Waals surface area (Å²) in [7, 11) is 0. The topological polar surface area (TPSA) is 90.5 Å². The third-order valence-corrected chi connectivity index (χ3v) is 4.64. The monoisotopic (exact) mass is 382 g/mol. The van der Waals surface area contributed by atoms with Gasteiger partial charge in [0.05, 0.1) is 0 Å². The lowest BCUT2D eigenvalue weighted by atomic mass is 10.2. The van der Waals surface area contributed by atoms with Crippen LogP contribution >= 0.6 is 0 Å². The Morgan fingerprint density at radius 1 is 1.04 bits per heavy atom. The molecule has 1 fully saturated rings. The van der Waals surface area contributed by atoms with Gasteiger partial charge in [-0.05, 0) is 37.7 Å². The van der Waals surface area contributed by atoms with Crippen molar-refractivity contribution in [3.63, 3.8) is 0 Å². The Morgan fingerprint density at radius 2 is 1.68 bits per heavy atom. The maximum absolute atomic E-state index is 12.8. The summed E-state index contributed by atoms with van der Waals surface area (Å²) in [6.45, 7) is 9.57. The number of hydrogen-bond donors (Lipinski definition) is 2. The van der Waals surface area contributed by atoms with Crippen molar-refractivity contribution in [3.8, 4) is 0 Å². The van der Waals surface area contributed by atoms with Crippen molar-refractivity contribution in [1.82, 2.24) is 19.8 Å². The number of carbonyl (C=O) groups excluding carboxylic acids is 2. The largest absolute Gasteiger partial charge is 0.340 e. The van der Waals surface area contributed by atoms with Gasteiger partial charge in [-0.25, -0.2) is 9.97 Å². The Labute approximate surface area is 165 Å². The Kier molecular flexibility index (Phi) is 6.20. The lowest BCUT2D eigenvalue weighted by Crippen LogP contribution is -2.48. The molecule has 0 saturated carbocycles. The van der Waals surface area contributed by atoms with Crippen LogP contribution in [0.2, 0.25) is 0 Å². The molecule has 0 spiro atoms. The van der Waals surface area contributed by atoms with Crippen molar-refractivity contribution in [1.29, 1.82) is 0 Å². The second-order valence-electron chi connectivity index (χ2n) is 6.80. The van der Waals surface area contributed by atoms with E-state index in [4.69, 9.17) is 0 Å². The van der Waals surface area contributed by atoms with Crippen LogP contribution in [0.1, 0.15) is 30.2 Å². The number of rotatable bonds is 5. The van der Waals surface area contributed by atoms with Crippen LogP contribution in [0.15, 0.2) is 30.3 Å². The van der Waals surface area contributed by atoms with Crippen LogP contribution in [0.25, 0.3) is 0 Å². The quantitative estimate of drug-likeness (QED) is 0.824. The molecule has 0 aliphatic carbocycles. The molecule has 28 heavy (non-hydrogen) atoms. The molecule has 2 aromatic rings. The molecule has 148 valence electrons. The number of benzene rings is 1. The minimum atomic E-state index is -0.116. The summed E-state index contributed by atoms with van der Waals surface area (Å²) >= 11 is 0. The fraction of sp³-hybridized carbons (Fsp3) is 0.400. The summed E-state index contributed by atoms with van der Waals surface area (Å²) in [6.07, 6.45) is 0. The zero-order valence-corrected chi connectivity index (χ0v) is 16.5. The molecule has 1 aromatic heterocycles. The van der Waals surface area contributed by atoms with Crippen molar-refractivity contribution in [2.75, 3.05) is 43.4 Å². The zero-order valence-electron chi connectivity index (χ0n) is 16.5. The number of likely N-dealkylation sites (N-methyl/N-ethyl adjacent to an activating group) is 1. The molecule has 1 aromatic carbocycles. The molecule has 1 saturated heterocycles. The van der Waals surface area contributed by atoms with Gasteiger partial charge in [-0.3, -0.25) is 9.59 Å². The second-order valence-corrected chi connectivity index (χ2v) is 6.80. The van der Waals surface area contributed by atoms with E-state index in [1.165, 1.54) is 6.92 Å².